The van der Waals surface area contributed by atoms with E-state index in [2.05, 4.69) is 9.97 Å². The number of phenols is 1. The van der Waals surface area contributed by atoms with Crippen LogP contribution in [0.15, 0.2) is 36.7 Å². The van der Waals surface area contributed by atoms with Gasteiger partial charge in [-0.3, -0.25) is 4.79 Å². The molecule has 0 saturated carbocycles. The number of phenolic OH excluding ortho intramolecular Hbond substituents is 1. The number of esters is 1. The number of ether oxygens (including phenoxy) is 1. The first-order chi connectivity index (χ1) is 9.56. The largest absolute Gasteiger partial charge is 0.508 e. The van der Waals surface area contributed by atoms with E-state index in [1.54, 1.807) is 12.1 Å². The summed E-state index contributed by atoms with van der Waals surface area (Å²) in [6.07, 6.45) is 3.87. The predicted molar refractivity (Wildman–Crippen MR) is 69.9 cm³/mol. The fraction of sp³-hybridized carbons (Fsp3) is 0. The minimum Gasteiger partial charge on any atom is -0.508 e. The Morgan fingerprint density at radius 1 is 1.30 bits per heavy atom. The summed E-state index contributed by atoms with van der Waals surface area (Å²) in [5, 5.41) is 9.12. The number of H-pyrrole nitrogens is 1. The number of hydrogen-bond acceptors (Lipinski definition) is 5. The van der Waals surface area contributed by atoms with E-state index in [1.807, 2.05) is 0 Å². The molecule has 1 heterocycles. The molecule has 0 aliphatic heterocycles. The van der Waals surface area contributed by atoms with E-state index in [1.165, 1.54) is 30.6 Å². The molecule has 0 atom stereocenters. The normalized spacial score (nSPS) is 10.6. The van der Waals surface area contributed by atoms with Crippen molar-refractivity contribution in [2.75, 3.05) is 0 Å². The summed E-state index contributed by atoms with van der Waals surface area (Å²) in [4.78, 5) is 28.7. The average Bonchev–Trinajstić information content (AvgIpc) is 2.86. The molecular weight excluding hydrogens is 262 g/mol. The van der Waals surface area contributed by atoms with Gasteiger partial charge >= 0.3 is 5.97 Å². The van der Waals surface area contributed by atoms with Crippen LogP contribution in [0.4, 0.5) is 0 Å². The minimum atomic E-state index is -0.771. The summed E-state index contributed by atoms with van der Waals surface area (Å²) < 4.78 is 4.87. The number of aromatic hydroxyl groups is 1. The summed E-state index contributed by atoms with van der Waals surface area (Å²) >= 11 is 0. The molecule has 1 aromatic carbocycles. The van der Waals surface area contributed by atoms with Gasteiger partial charge in [-0.15, -0.1) is 0 Å². The van der Waals surface area contributed by atoms with Crippen LogP contribution >= 0.6 is 0 Å². The average molecular weight is 273 g/mol. The van der Waals surface area contributed by atoms with Crippen molar-refractivity contribution in [3.05, 3.63) is 47.9 Å². The highest BCUT2D eigenvalue weighted by Crippen LogP contribution is 2.13. The molecule has 0 radical (unpaired) electrons. The number of carbonyl (C=O) groups excluding carboxylic acids is 2. The molecule has 20 heavy (non-hydrogen) atoms. The number of nitrogens with one attached hydrogen (secondary N) is 1. The van der Waals surface area contributed by atoms with Crippen LogP contribution in [0.3, 0.4) is 0 Å². The fourth-order valence-electron chi connectivity index (χ4n) is 1.41. The molecule has 0 spiro atoms. The molecule has 2 aromatic rings. The van der Waals surface area contributed by atoms with E-state index >= 15 is 0 Å². The maximum absolute atomic E-state index is 11.6. The Morgan fingerprint density at radius 3 is 2.65 bits per heavy atom. The van der Waals surface area contributed by atoms with Gasteiger partial charge in [-0.25, -0.2) is 9.78 Å². The van der Waals surface area contributed by atoms with Gasteiger partial charge in [-0.2, -0.15) is 0 Å². The Balaban J connectivity index is 2.03. The number of imidazole rings is 1. The number of carbonyl (C=O) groups is 2. The molecule has 0 unspecified atom stereocenters. The number of hydrogen-bond donors (Lipinski definition) is 3. The van der Waals surface area contributed by atoms with Crippen LogP contribution < -0.4 is 10.5 Å². The third kappa shape index (κ3) is 3.22. The second-order valence-electron chi connectivity index (χ2n) is 3.79. The maximum Gasteiger partial charge on any atom is 0.337 e. The van der Waals surface area contributed by atoms with E-state index in [-0.39, 0.29) is 17.3 Å². The molecule has 0 aliphatic carbocycles. The molecule has 0 fully saturated rings. The van der Waals surface area contributed by atoms with E-state index in [0.717, 1.165) is 0 Å². The van der Waals surface area contributed by atoms with Crippen molar-refractivity contribution in [3.63, 3.8) is 0 Å². The van der Waals surface area contributed by atoms with Gasteiger partial charge in [0.2, 0.25) is 0 Å². The molecule has 4 N–H and O–H groups in total. The predicted octanol–water partition coefficient (Wildman–Crippen LogP) is 0.833. The lowest BCUT2D eigenvalue weighted by molar-refractivity contribution is -0.129. The number of benzene rings is 1. The fourth-order valence-corrected chi connectivity index (χ4v) is 1.41. The van der Waals surface area contributed by atoms with Crippen LogP contribution in [0.25, 0.3) is 6.08 Å². The second-order valence-corrected chi connectivity index (χ2v) is 3.79. The third-order valence-electron chi connectivity index (χ3n) is 2.35. The molecular formula is C13H11N3O4. The topological polar surface area (TPSA) is 118 Å². The zero-order chi connectivity index (χ0) is 14.5. The van der Waals surface area contributed by atoms with Gasteiger partial charge in [0.05, 0.1) is 6.33 Å². The van der Waals surface area contributed by atoms with Crippen LogP contribution in [0.1, 0.15) is 16.1 Å². The smallest absolute Gasteiger partial charge is 0.337 e. The van der Waals surface area contributed by atoms with E-state index in [0.29, 0.717) is 5.56 Å². The van der Waals surface area contributed by atoms with Gasteiger partial charge in [0.25, 0.3) is 11.8 Å². The van der Waals surface area contributed by atoms with Crippen molar-refractivity contribution >= 4 is 18.0 Å². The molecule has 102 valence electrons. The van der Waals surface area contributed by atoms with Gasteiger partial charge in [-0.1, -0.05) is 12.1 Å². The first-order valence-electron chi connectivity index (χ1n) is 5.58. The summed E-state index contributed by atoms with van der Waals surface area (Å²) in [5.74, 6) is -1.51. The zero-order valence-corrected chi connectivity index (χ0v) is 10.2. The number of amides is 1. The third-order valence-corrected chi connectivity index (χ3v) is 2.35. The monoisotopic (exact) mass is 273 g/mol. The summed E-state index contributed by atoms with van der Waals surface area (Å²) in [6, 6.07) is 6.23. The number of nitrogens with zero attached hydrogens (tertiary/aromatic N) is 1. The lowest BCUT2D eigenvalue weighted by Gasteiger charge is -1.98. The molecule has 0 aliphatic rings. The Bertz CT molecular complexity index is 659. The Kier molecular flexibility index (Phi) is 3.80. The molecule has 2 rings (SSSR count). The van der Waals surface area contributed by atoms with Crippen molar-refractivity contribution in [2.45, 2.75) is 0 Å². The van der Waals surface area contributed by atoms with Gasteiger partial charge in [0.15, 0.2) is 5.69 Å². The van der Waals surface area contributed by atoms with Gasteiger partial charge in [0, 0.05) is 6.08 Å². The van der Waals surface area contributed by atoms with E-state index in [4.69, 9.17) is 15.6 Å². The number of aromatic nitrogens is 2. The zero-order valence-electron chi connectivity index (χ0n) is 10.2. The molecule has 0 bridgehead atoms. The molecule has 7 heteroatoms. The number of aromatic amines is 1. The lowest BCUT2D eigenvalue weighted by atomic mass is 10.2. The van der Waals surface area contributed by atoms with Crippen molar-refractivity contribution in [2.24, 2.45) is 5.73 Å². The van der Waals surface area contributed by atoms with Crippen LogP contribution in [-0.4, -0.2) is 27.0 Å². The van der Waals surface area contributed by atoms with Crippen molar-refractivity contribution in [1.82, 2.24) is 9.97 Å². The SMILES string of the molecule is NC(=O)c1[nH]cnc1OC(=O)C=Cc1ccc(O)cc1. The summed E-state index contributed by atoms with van der Waals surface area (Å²) in [5.41, 5.74) is 5.70. The van der Waals surface area contributed by atoms with E-state index in [9.17, 15) is 9.59 Å². The van der Waals surface area contributed by atoms with Crippen molar-refractivity contribution < 1.29 is 19.4 Å². The highest BCUT2D eigenvalue weighted by molar-refractivity contribution is 5.95. The van der Waals surface area contributed by atoms with Crippen molar-refractivity contribution in [3.8, 4) is 11.6 Å². The number of rotatable bonds is 4. The van der Waals surface area contributed by atoms with Crippen LogP contribution in [0.2, 0.25) is 0 Å². The number of nitrogens with two attached hydrogens (primary N) is 1. The quantitative estimate of drug-likeness (QED) is 0.563. The first kappa shape index (κ1) is 13.3. The Hall–Kier alpha value is -3.09. The highest BCUT2D eigenvalue weighted by atomic mass is 16.5. The maximum atomic E-state index is 11.6. The Labute approximate surface area is 113 Å². The molecule has 0 saturated heterocycles. The first-order valence-corrected chi connectivity index (χ1v) is 5.58. The molecule has 7 nitrogen and oxygen atoms in total. The van der Waals surface area contributed by atoms with Crippen LogP contribution in [-0.2, 0) is 4.79 Å². The van der Waals surface area contributed by atoms with Gasteiger partial charge in [-0.05, 0) is 23.8 Å². The van der Waals surface area contributed by atoms with Crippen molar-refractivity contribution in [1.29, 1.82) is 0 Å². The number of primary amides is 1. The standard InChI is InChI=1S/C13H11N3O4/c14-12(19)11-13(16-7-15-11)20-10(18)6-3-8-1-4-9(17)5-2-8/h1-7,17H,(H2,14,19)(H,15,16). The molecule has 1 aromatic heterocycles. The lowest BCUT2D eigenvalue weighted by Crippen LogP contribution is -2.14. The summed E-state index contributed by atoms with van der Waals surface area (Å²) in [6.45, 7) is 0. The van der Waals surface area contributed by atoms with E-state index < -0.39 is 11.9 Å². The Morgan fingerprint density at radius 2 is 2.00 bits per heavy atom. The summed E-state index contributed by atoms with van der Waals surface area (Å²) in [7, 11) is 0. The van der Waals surface area contributed by atoms with Crippen LogP contribution in [0.5, 0.6) is 11.6 Å². The molecule has 1 amide bonds. The van der Waals surface area contributed by atoms with Gasteiger partial charge in [0.1, 0.15) is 5.75 Å². The highest BCUT2D eigenvalue weighted by Gasteiger charge is 2.14. The van der Waals surface area contributed by atoms with Crippen LogP contribution in [0, 0.1) is 0 Å². The van der Waals surface area contributed by atoms with Gasteiger partial charge < -0.3 is 20.6 Å². The second kappa shape index (κ2) is 5.70. The minimum absolute atomic E-state index is 0.0728.